The van der Waals surface area contributed by atoms with E-state index in [0.717, 1.165) is 5.75 Å². The summed E-state index contributed by atoms with van der Waals surface area (Å²) in [5.74, 6) is 0.759. The van der Waals surface area contributed by atoms with Gasteiger partial charge in [-0.15, -0.1) is 0 Å². The molecule has 0 saturated carbocycles. The van der Waals surface area contributed by atoms with Gasteiger partial charge in [-0.3, -0.25) is 5.32 Å². The largest absolute Gasteiger partial charge is 0.378 e. The van der Waals surface area contributed by atoms with E-state index in [4.69, 9.17) is 0 Å². The number of hydrogen-bond donors (Lipinski definition) is 2. The van der Waals surface area contributed by atoms with Gasteiger partial charge < -0.3 is 5.11 Å². The van der Waals surface area contributed by atoms with Crippen LogP contribution >= 0.6 is 11.8 Å². The average Bonchev–Trinajstić information content (AvgIpc) is 1.79. The second-order valence-electron chi connectivity index (χ2n) is 4.29. The van der Waals surface area contributed by atoms with Crippen LogP contribution in [0, 0.1) is 0 Å². The zero-order valence-corrected chi connectivity index (χ0v) is 9.53. The van der Waals surface area contributed by atoms with Crippen LogP contribution in [0.2, 0.25) is 0 Å². The molecule has 0 aromatic rings. The SMILES string of the molecule is CC(C)SCC(O)NC(C)(C)C. The van der Waals surface area contributed by atoms with Gasteiger partial charge in [0.1, 0.15) is 6.23 Å². The number of thioether (sulfide) groups is 1. The molecule has 0 spiro atoms. The van der Waals surface area contributed by atoms with Crippen LogP contribution < -0.4 is 5.32 Å². The fraction of sp³-hybridized carbons (Fsp3) is 1.00. The van der Waals surface area contributed by atoms with Crippen molar-refractivity contribution in [2.24, 2.45) is 0 Å². The molecule has 0 saturated heterocycles. The molecule has 0 aliphatic rings. The molecule has 1 unspecified atom stereocenters. The van der Waals surface area contributed by atoms with Crippen LogP contribution in [0.1, 0.15) is 34.6 Å². The van der Waals surface area contributed by atoms with Crippen molar-refractivity contribution in [2.45, 2.75) is 51.6 Å². The maximum Gasteiger partial charge on any atom is 0.114 e. The highest BCUT2D eigenvalue weighted by molar-refractivity contribution is 7.99. The average molecular weight is 191 g/mol. The van der Waals surface area contributed by atoms with Gasteiger partial charge in [0.05, 0.1) is 0 Å². The molecular formula is C9H21NOS. The standard InChI is InChI=1S/C9H21NOS/c1-7(2)12-6-8(11)10-9(3,4)5/h7-8,10-11H,6H2,1-5H3. The van der Waals surface area contributed by atoms with Crippen LogP contribution in [0.4, 0.5) is 0 Å². The summed E-state index contributed by atoms with van der Waals surface area (Å²) in [4.78, 5) is 0. The van der Waals surface area contributed by atoms with Gasteiger partial charge in [0, 0.05) is 11.3 Å². The minimum absolute atomic E-state index is 0.00302. The summed E-state index contributed by atoms with van der Waals surface area (Å²) in [7, 11) is 0. The Morgan fingerprint density at radius 3 is 2.17 bits per heavy atom. The van der Waals surface area contributed by atoms with Crippen LogP contribution in [-0.2, 0) is 0 Å². The first-order chi connectivity index (χ1) is 5.31. The van der Waals surface area contributed by atoms with E-state index in [1.807, 2.05) is 0 Å². The number of aliphatic hydroxyl groups excluding tert-OH is 1. The van der Waals surface area contributed by atoms with E-state index in [2.05, 4.69) is 39.9 Å². The Morgan fingerprint density at radius 1 is 1.33 bits per heavy atom. The van der Waals surface area contributed by atoms with Crippen LogP contribution in [0.5, 0.6) is 0 Å². The second-order valence-corrected chi connectivity index (χ2v) is 5.90. The van der Waals surface area contributed by atoms with E-state index in [9.17, 15) is 5.11 Å². The predicted molar refractivity (Wildman–Crippen MR) is 56.5 cm³/mol. The quantitative estimate of drug-likeness (QED) is 0.665. The monoisotopic (exact) mass is 191 g/mol. The fourth-order valence-corrected chi connectivity index (χ4v) is 1.48. The van der Waals surface area contributed by atoms with Gasteiger partial charge in [-0.05, 0) is 26.0 Å². The summed E-state index contributed by atoms with van der Waals surface area (Å²) in [6.45, 7) is 10.4. The zero-order valence-electron chi connectivity index (χ0n) is 8.72. The van der Waals surface area contributed by atoms with Crippen LogP contribution in [0.3, 0.4) is 0 Å². The Hall–Kier alpha value is 0.270. The first kappa shape index (κ1) is 12.3. The minimum Gasteiger partial charge on any atom is -0.378 e. The molecule has 0 aliphatic carbocycles. The molecule has 0 bridgehead atoms. The lowest BCUT2D eigenvalue weighted by Crippen LogP contribution is -2.44. The van der Waals surface area contributed by atoms with Crippen molar-refractivity contribution in [3.63, 3.8) is 0 Å². The van der Waals surface area contributed by atoms with E-state index in [1.54, 1.807) is 11.8 Å². The van der Waals surface area contributed by atoms with E-state index >= 15 is 0 Å². The van der Waals surface area contributed by atoms with Gasteiger partial charge in [0.25, 0.3) is 0 Å². The summed E-state index contributed by atoms with van der Waals surface area (Å²) in [5, 5.41) is 13.2. The Kier molecular flexibility index (Phi) is 5.21. The molecule has 0 fully saturated rings. The van der Waals surface area contributed by atoms with E-state index < -0.39 is 6.23 Å². The third-order valence-electron chi connectivity index (χ3n) is 1.19. The highest BCUT2D eigenvalue weighted by atomic mass is 32.2. The van der Waals surface area contributed by atoms with Gasteiger partial charge in [0.2, 0.25) is 0 Å². The molecule has 74 valence electrons. The van der Waals surface area contributed by atoms with Crippen molar-refractivity contribution in [2.75, 3.05) is 5.75 Å². The fourth-order valence-electron chi connectivity index (χ4n) is 0.825. The summed E-state index contributed by atoms with van der Waals surface area (Å²) in [6.07, 6.45) is -0.391. The highest BCUT2D eigenvalue weighted by Gasteiger charge is 2.14. The van der Waals surface area contributed by atoms with Crippen molar-refractivity contribution >= 4 is 11.8 Å². The zero-order chi connectivity index (χ0) is 9.78. The summed E-state index contributed by atoms with van der Waals surface area (Å²) >= 11 is 1.77. The van der Waals surface area contributed by atoms with E-state index in [-0.39, 0.29) is 5.54 Å². The van der Waals surface area contributed by atoms with Crippen molar-refractivity contribution in [3.8, 4) is 0 Å². The predicted octanol–water partition coefficient (Wildman–Crippen LogP) is 1.83. The van der Waals surface area contributed by atoms with Crippen molar-refractivity contribution in [1.82, 2.24) is 5.32 Å². The molecule has 2 nitrogen and oxygen atoms in total. The molecule has 0 aliphatic heterocycles. The third kappa shape index (κ3) is 8.37. The van der Waals surface area contributed by atoms with Gasteiger partial charge in [0.15, 0.2) is 0 Å². The first-order valence-corrected chi connectivity index (χ1v) is 5.43. The summed E-state index contributed by atoms with van der Waals surface area (Å²) < 4.78 is 0. The topological polar surface area (TPSA) is 32.3 Å². The van der Waals surface area contributed by atoms with Crippen LogP contribution in [0.25, 0.3) is 0 Å². The molecule has 0 heterocycles. The Labute approximate surface area is 80.1 Å². The lowest BCUT2D eigenvalue weighted by molar-refractivity contribution is 0.128. The van der Waals surface area contributed by atoms with Crippen LogP contribution in [0.15, 0.2) is 0 Å². The molecule has 0 aromatic carbocycles. The smallest absolute Gasteiger partial charge is 0.114 e. The highest BCUT2D eigenvalue weighted by Crippen LogP contribution is 2.11. The Bertz CT molecular complexity index is 120. The molecule has 3 heteroatoms. The molecule has 0 rings (SSSR count). The van der Waals surface area contributed by atoms with Crippen LogP contribution in [-0.4, -0.2) is 27.9 Å². The lowest BCUT2D eigenvalue weighted by Gasteiger charge is -2.25. The maximum absolute atomic E-state index is 9.50. The van der Waals surface area contributed by atoms with Gasteiger partial charge in [-0.2, -0.15) is 11.8 Å². The van der Waals surface area contributed by atoms with Crippen molar-refractivity contribution in [3.05, 3.63) is 0 Å². The lowest BCUT2D eigenvalue weighted by atomic mass is 10.1. The Balaban J connectivity index is 3.53. The molecule has 12 heavy (non-hydrogen) atoms. The molecule has 0 radical (unpaired) electrons. The molecule has 2 N–H and O–H groups in total. The second kappa shape index (κ2) is 5.10. The van der Waals surface area contributed by atoms with Crippen molar-refractivity contribution in [1.29, 1.82) is 0 Å². The first-order valence-electron chi connectivity index (χ1n) is 4.38. The summed E-state index contributed by atoms with van der Waals surface area (Å²) in [5.41, 5.74) is -0.00302. The van der Waals surface area contributed by atoms with Crippen molar-refractivity contribution < 1.29 is 5.11 Å². The normalized spacial score (nSPS) is 15.2. The summed E-state index contributed by atoms with van der Waals surface area (Å²) in [6, 6.07) is 0. The van der Waals surface area contributed by atoms with Gasteiger partial charge in [-0.25, -0.2) is 0 Å². The Morgan fingerprint density at radius 2 is 1.83 bits per heavy atom. The maximum atomic E-state index is 9.50. The number of nitrogens with one attached hydrogen (secondary N) is 1. The van der Waals surface area contributed by atoms with Gasteiger partial charge >= 0.3 is 0 Å². The molecular weight excluding hydrogens is 170 g/mol. The molecule has 0 amide bonds. The molecule has 1 atom stereocenters. The van der Waals surface area contributed by atoms with Gasteiger partial charge in [-0.1, -0.05) is 13.8 Å². The molecule has 0 aromatic heterocycles. The van der Waals surface area contributed by atoms with E-state index in [1.165, 1.54) is 0 Å². The minimum atomic E-state index is -0.391. The third-order valence-corrected chi connectivity index (χ3v) is 2.36. The number of aliphatic hydroxyl groups is 1. The number of rotatable bonds is 4. The number of hydrogen-bond acceptors (Lipinski definition) is 3. The van der Waals surface area contributed by atoms with E-state index in [0.29, 0.717) is 5.25 Å².